The SMILES string of the molecule is N=C(C(=O)O)C1=C(N)CC(c2cscn2)C1. The normalized spacial score (nSPS) is 20.1. The van der Waals surface area contributed by atoms with Crippen LogP contribution in [-0.2, 0) is 4.79 Å². The lowest BCUT2D eigenvalue weighted by molar-refractivity contribution is -0.129. The number of aromatic nitrogens is 1. The first-order chi connectivity index (χ1) is 7.59. The number of allylic oxidation sites excluding steroid dienone is 1. The first-order valence-electron chi connectivity index (χ1n) is 4.77. The molecule has 0 aliphatic heterocycles. The molecule has 16 heavy (non-hydrogen) atoms. The number of carbonyl (C=O) groups is 1. The van der Waals surface area contributed by atoms with Crippen LogP contribution in [0.5, 0.6) is 0 Å². The third-order valence-corrected chi connectivity index (χ3v) is 3.29. The summed E-state index contributed by atoms with van der Waals surface area (Å²) in [6, 6.07) is 0. The summed E-state index contributed by atoms with van der Waals surface area (Å²) in [6.07, 6.45) is 1.09. The number of carboxylic acids is 1. The fraction of sp³-hybridized carbons (Fsp3) is 0.300. The lowest BCUT2D eigenvalue weighted by Crippen LogP contribution is -2.16. The fourth-order valence-electron chi connectivity index (χ4n) is 1.86. The van der Waals surface area contributed by atoms with Crippen LogP contribution < -0.4 is 5.73 Å². The molecule has 5 nitrogen and oxygen atoms in total. The average Bonchev–Trinajstić information content (AvgIpc) is 2.84. The van der Waals surface area contributed by atoms with Crippen LogP contribution in [0.3, 0.4) is 0 Å². The Kier molecular flexibility index (Phi) is 2.74. The van der Waals surface area contributed by atoms with Crippen LogP contribution >= 0.6 is 11.3 Å². The van der Waals surface area contributed by atoms with Gasteiger partial charge < -0.3 is 10.8 Å². The smallest absolute Gasteiger partial charge is 0.354 e. The van der Waals surface area contributed by atoms with Gasteiger partial charge in [0.25, 0.3) is 0 Å². The van der Waals surface area contributed by atoms with Gasteiger partial charge in [-0.15, -0.1) is 11.3 Å². The molecule has 1 aromatic rings. The highest BCUT2D eigenvalue weighted by Gasteiger charge is 2.29. The number of nitrogens with one attached hydrogen (secondary N) is 1. The quantitative estimate of drug-likeness (QED) is 0.690. The molecule has 1 unspecified atom stereocenters. The summed E-state index contributed by atoms with van der Waals surface area (Å²) >= 11 is 1.50. The molecule has 0 bridgehead atoms. The minimum absolute atomic E-state index is 0.126. The lowest BCUT2D eigenvalue weighted by Gasteiger charge is -2.05. The molecule has 1 aromatic heterocycles. The van der Waals surface area contributed by atoms with E-state index in [4.69, 9.17) is 16.2 Å². The van der Waals surface area contributed by atoms with Gasteiger partial charge in [-0.2, -0.15) is 0 Å². The van der Waals surface area contributed by atoms with Gasteiger partial charge in [0.2, 0.25) is 0 Å². The summed E-state index contributed by atoms with van der Waals surface area (Å²) < 4.78 is 0. The van der Waals surface area contributed by atoms with Crippen LogP contribution in [0.15, 0.2) is 22.2 Å². The van der Waals surface area contributed by atoms with Gasteiger partial charge in [-0.05, 0) is 12.8 Å². The van der Waals surface area contributed by atoms with E-state index in [9.17, 15) is 4.79 Å². The Morgan fingerprint density at radius 2 is 2.38 bits per heavy atom. The third-order valence-electron chi connectivity index (χ3n) is 2.69. The number of aliphatic carboxylic acids is 1. The molecular weight excluding hydrogens is 226 g/mol. The molecule has 0 amide bonds. The number of thiazole rings is 1. The van der Waals surface area contributed by atoms with E-state index in [1.165, 1.54) is 11.3 Å². The van der Waals surface area contributed by atoms with Crippen molar-refractivity contribution in [1.82, 2.24) is 4.98 Å². The van der Waals surface area contributed by atoms with Gasteiger partial charge in [0.1, 0.15) is 5.71 Å². The maximum atomic E-state index is 10.7. The lowest BCUT2D eigenvalue weighted by atomic mass is 10.0. The van der Waals surface area contributed by atoms with Crippen molar-refractivity contribution in [3.05, 3.63) is 27.9 Å². The monoisotopic (exact) mass is 237 g/mol. The predicted octanol–water partition coefficient (Wildman–Crippen LogP) is 1.34. The highest BCUT2D eigenvalue weighted by Crippen LogP contribution is 2.36. The largest absolute Gasteiger partial charge is 0.477 e. The number of rotatable bonds is 3. The van der Waals surface area contributed by atoms with Gasteiger partial charge in [-0.3, -0.25) is 5.41 Å². The molecule has 84 valence electrons. The molecule has 2 rings (SSSR count). The van der Waals surface area contributed by atoms with Crippen LogP contribution in [-0.4, -0.2) is 21.8 Å². The zero-order valence-electron chi connectivity index (χ0n) is 8.43. The van der Waals surface area contributed by atoms with E-state index >= 15 is 0 Å². The number of carboxylic acid groups (broad SMARTS) is 1. The predicted molar refractivity (Wildman–Crippen MR) is 60.7 cm³/mol. The molecule has 0 saturated heterocycles. The van der Waals surface area contributed by atoms with Crippen molar-refractivity contribution in [2.24, 2.45) is 5.73 Å². The molecule has 4 N–H and O–H groups in total. The number of nitrogens with zero attached hydrogens (tertiary/aromatic N) is 1. The maximum Gasteiger partial charge on any atom is 0.354 e. The first-order valence-corrected chi connectivity index (χ1v) is 5.71. The highest BCUT2D eigenvalue weighted by atomic mass is 32.1. The van der Waals surface area contributed by atoms with E-state index in [1.807, 2.05) is 5.38 Å². The molecule has 0 saturated carbocycles. The summed E-state index contributed by atoms with van der Waals surface area (Å²) in [5.41, 5.74) is 9.00. The average molecular weight is 237 g/mol. The summed E-state index contributed by atoms with van der Waals surface area (Å²) in [7, 11) is 0. The van der Waals surface area contributed by atoms with Crippen molar-refractivity contribution < 1.29 is 9.90 Å². The Bertz CT molecular complexity index is 464. The minimum Gasteiger partial charge on any atom is -0.477 e. The van der Waals surface area contributed by atoms with Crippen molar-refractivity contribution in [2.75, 3.05) is 0 Å². The topological polar surface area (TPSA) is 100 Å². The molecule has 1 aliphatic carbocycles. The minimum atomic E-state index is -1.23. The van der Waals surface area contributed by atoms with E-state index in [0.717, 1.165) is 5.69 Å². The zero-order valence-corrected chi connectivity index (χ0v) is 9.25. The van der Waals surface area contributed by atoms with E-state index in [-0.39, 0.29) is 5.92 Å². The molecule has 1 aliphatic rings. The van der Waals surface area contributed by atoms with Crippen molar-refractivity contribution in [2.45, 2.75) is 18.8 Å². The second-order valence-electron chi connectivity index (χ2n) is 3.70. The standard InChI is InChI=1S/C10H11N3O2S/c11-7-2-5(8-3-16-4-13-8)1-6(7)9(12)10(14)15/h3-5,12H,1-2,11H2,(H,14,15). The van der Waals surface area contributed by atoms with Gasteiger partial charge in [0, 0.05) is 22.6 Å². The Balaban J connectivity index is 2.16. The Labute approximate surface area is 96.1 Å². The zero-order chi connectivity index (χ0) is 11.7. The second kappa shape index (κ2) is 4.05. The molecule has 1 atom stereocenters. The van der Waals surface area contributed by atoms with Crippen molar-refractivity contribution in [3.8, 4) is 0 Å². The van der Waals surface area contributed by atoms with E-state index in [0.29, 0.717) is 24.1 Å². The summed E-state index contributed by atoms with van der Waals surface area (Å²) in [6.45, 7) is 0. The van der Waals surface area contributed by atoms with Gasteiger partial charge in [-0.1, -0.05) is 0 Å². The number of hydrogen-bond acceptors (Lipinski definition) is 5. The Morgan fingerprint density at radius 1 is 1.62 bits per heavy atom. The maximum absolute atomic E-state index is 10.7. The Hall–Kier alpha value is -1.69. The van der Waals surface area contributed by atoms with E-state index in [1.54, 1.807) is 5.51 Å². The van der Waals surface area contributed by atoms with Gasteiger partial charge >= 0.3 is 5.97 Å². The molecular formula is C10H11N3O2S. The van der Waals surface area contributed by atoms with Gasteiger partial charge in [-0.25, -0.2) is 9.78 Å². The van der Waals surface area contributed by atoms with Crippen molar-refractivity contribution in [3.63, 3.8) is 0 Å². The van der Waals surface area contributed by atoms with Crippen LogP contribution in [0.4, 0.5) is 0 Å². The summed E-state index contributed by atoms with van der Waals surface area (Å²) in [5.74, 6) is -1.10. The molecule has 0 radical (unpaired) electrons. The molecule has 1 heterocycles. The van der Waals surface area contributed by atoms with Crippen LogP contribution in [0.1, 0.15) is 24.5 Å². The van der Waals surface area contributed by atoms with Crippen LogP contribution in [0, 0.1) is 5.41 Å². The second-order valence-corrected chi connectivity index (χ2v) is 4.42. The summed E-state index contributed by atoms with van der Waals surface area (Å²) in [4.78, 5) is 14.9. The van der Waals surface area contributed by atoms with Crippen molar-refractivity contribution >= 4 is 23.0 Å². The highest BCUT2D eigenvalue weighted by molar-refractivity contribution is 7.07. The fourth-order valence-corrected chi connectivity index (χ4v) is 2.50. The first kappa shape index (κ1) is 10.8. The third kappa shape index (κ3) is 1.83. The van der Waals surface area contributed by atoms with Crippen LogP contribution in [0.2, 0.25) is 0 Å². The molecule has 0 spiro atoms. The molecule has 6 heteroatoms. The van der Waals surface area contributed by atoms with Gasteiger partial charge in [0.15, 0.2) is 0 Å². The van der Waals surface area contributed by atoms with Gasteiger partial charge in [0.05, 0.1) is 11.2 Å². The molecule has 0 fully saturated rings. The number of hydrogen-bond donors (Lipinski definition) is 3. The Morgan fingerprint density at radius 3 is 2.94 bits per heavy atom. The molecule has 0 aromatic carbocycles. The van der Waals surface area contributed by atoms with E-state index in [2.05, 4.69) is 4.98 Å². The summed E-state index contributed by atoms with van der Waals surface area (Å²) in [5, 5.41) is 18.1. The van der Waals surface area contributed by atoms with Crippen LogP contribution in [0.25, 0.3) is 0 Å². The van der Waals surface area contributed by atoms with E-state index < -0.39 is 11.7 Å². The van der Waals surface area contributed by atoms with Crippen molar-refractivity contribution in [1.29, 1.82) is 5.41 Å². The number of nitrogens with two attached hydrogens (primary N) is 1.